The standard InChI is InChI=1S/C24H26N2O4S/c1-16-8-7-10-22(17(16)2)26-31(28,29)20-14-12-19(13-15-20)24(27)25-18(3)21-9-5-6-11-23(21)30-4/h5-15,18,26H,1-4H3,(H,25,27). The Balaban J connectivity index is 1.74. The van der Waals surface area contributed by atoms with Gasteiger partial charge in [-0.25, -0.2) is 8.42 Å². The minimum atomic E-state index is -3.77. The van der Waals surface area contributed by atoms with Crippen LogP contribution >= 0.6 is 0 Å². The van der Waals surface area contributed by atoms with Crippen LogP contribution in [0.5, 0.6) is 5.75 Å². The summed E-state index contributed by atoms with van der Waals surface area (Å²) in [5.41, 5.74) is 3.62. The van der Waals surface area contributed by atoms with Crippen molar-refractivity contribution in [2.24, 2.45) is 0 Å². The quantitative estimate of drug-likeness (QED) is 0.564. The average molecular weight is 439 g/mol. The summed E-state index contributed by atoms with van der Waals surface area (Å²) in [7, 11) is -2.19. The van der Waals surface area contributed by atoms with Crippen molar-refractivity contribution in [3.63, 3.8) is 0 Å². The molecule has 3 rings (SSSR count). The number of carbonyl (C=O) groups is 1. The summed E-state index contributed by atoms with van der Waals surface area (Å²) in [6.07, 6.45) is 0. The maximum atomic E-state index is 12.8. The Morgan fingerprint density at radius 2 is 1.61 bits per heavy atom. The molecule has 3 aromatic carbocycles. The lowest BCUT2D eigenvalue weighted by molar-refractivity contribution is 0.0939. The van der Waals surface area contributed by atoms with Crippen molar-refractivity contribution in [3.05, 3.63) is 89.0 Å². The molecule has 1 amide bonds. The van der Waals surface area contributed by atoms with E-state index in [9.17, 15) is 13.2 Å². The smallest absolute Gasteiger partial charge is 0.261 e. The van der Waals surface area contributed by atoms with Crippen molar-refractivity contribution < 1.29 is 17.9 Å². The summed E-state index contributed by atoms with van der Waals surface area (Å²) in [4.78, 5) is 12.7. The number of carbonyl (C=O) groups excluding carboxylic acids is 1. The number of hydrogen-bond donors (Lipinski definition) is 2. The Hall–Kier alpha value is -3.32. The van der Waals surface area contributed by atoms with Gasteiger partial charge in [0.2, 0.25) is 0 Å². The van der Waals surface area contributed by atoms with Crippen molar-refractivity contribution in [3.8, 4) is 5.75 Å². The number of amides is 1. The number of sulfonamides is 1. The zero-order valence-electron chi connectivity index (χ0n) is 18.0. The highest BCUT2D eigenvalue weighted by atomic mass is 32.2. The third kappa shape index (κ3) is 5.06. The van der Waals surface area contributed by atoms with Crippen LogP contribution in [-0.4, -0.2) is 21.4 Å². The Kier molecular flexibility index (Phi) is 6.65. The summed E-state index contributed by atoms with van der Waals surface area (Å²) in [5, 5.41) is 2.91. The molecule has 3 aromatic rings. The van der Waals surface area contributed by atoms with Gasteiger partial charge in [0.05, 0.1) is 23.7 Å². The highest BCUT2D eigenvalue weighted by Crippen LogP contribution is 2.25. The summed E-state index contributed by atoms with van der Waals surface area (Å²) < 4.78 is 33.5. The largest absolute Gasteiger partial charge is 0.496 e. The molecule has 0 aliphatic rings. The molecule has 0 aliphatic carbocycles. The molecule has 162 valence electrons. The van der Waals surface area contributed by atoms with Gasteiger partial charge in [-0.3, -0.25) is 9.52 Å². The number of para-hydroxylation sites is 1. The molecule has 0 radical (unpaired) electrons. The molecule has 0 fully saturated rings. The number of benzene rings is 3. The summed E-state index contributed by atoms with van der Waals surface area (Å²) in [6, 6.07) is 18.5. The second kappa shape index (κ2) is 9.22. The lowest BCUT2D eigenvalue weighted by Crippen LogP contribution is -2.27. The molecule has 0 aliphatic heterocycles. The summed E-state index contributed by atoms with van der Waals surface area (Å²) >= 11 is 0. The second-order valence-corrected chi connectivity index (χ2v) is 9.00. The molecule has 2 N–H and O–H groups in total. The van der Waals surface area contributed by atoms with Crippen LogP contribution < -0.4 is 14.8 Å². The van der Waals surface area contributed by atoms with Gasteiger partial charge in [-0.05, 0) is 68.3 Å². The number of aryl methyl sites for hydroxylation is 1. The van der Waals surface area contributed by atoms with E-state index in [0.29, 0.717) is 17.0 Å². The van der Waals surface area contributed by atoms with Crippen LogP contribution in [0.25, 0.3) is 0 Å². The highest BCUT2D eigenvalue weighted by Gasteiger charge is 2.18. The van der Waals surface area contributed by atoms with Crippen molar-refractivity contribution in [1.29, 1.82) is 0 Å². The van der Waals surface area contributed by atoms with Crippen LogP contribution in [0.1, 0.15) is 40.0 Å². The van der Waals surface area contributed by atoms with E-state index in [1.54, 1.807) is 19.2 Å². The van der Waals surface area contributed by atoms with E-state index < -0.39 is 10.0 Å². The molecule has 0 saturated heterocycles. The van der Waals surface area contributed by atoms with Crippen LogP contribution in [0, 0.1) is 13.8 Å². The van der Waals surface area contributed by atoms with E-state index in [-0.39, 0.29) is 16.8 Å². The first-order chi connectivity index (χ1) is 14.7. The van der Waals surface area contributed by atoms with Gasteiger partial charge in [0.1, 0.15) is 5.75 Å². The zero-order valence-corrected chi connectivity index (χ0v) is 18.8. The van der Waals surface area contributed by atoms with E-state index in [1.807, 2.05) is 51.1 Å². The predicted molar refractivity (Wildman–Crippen MR) is 122 cm³/mol. The predicted octanol–water partition coefficient (Wildman–Crippen LogP) is 4.60. The minimum absolute atomic E-state index is 0.0859. The Morgan fingerprint density at radius 3 is 2.29 bits per heavy atom. The lowest BCUT2D eigenvalue weighted by atomic mass is 10.1. The fraction of sp³-hybridized carbons (Fsp3) is 0.208. The molecule has 0 bridgehead atoms. The fourth-order valence-electron chi connectivity index (χ4n) is 3.23. The molecule has 31 heavy (non-hydrogen) atoms. The van der Waals surface area contributed by atoms with E-state index in [4.69, 9.17) is 4.74 Å². The van der Waals surface area contributed by atoms with Gasteiger partial charge < -0.3 is 10.1 Å². The maximum Gasteiger partial charge on any atom is 0.261 e. The normalized spacial score (nSPS) is 12.1. The number of anilines is 1. The summed E-state index contributed by atoms with van der Waals surface area (Å²) in [5.74, 6) is 0.388. The van der Waals surface area contributed by atoms with E-state index in [0.717, 1.165) is 16.7 Å². The first-order valence-electron chi connectivity index (χ1n) is 9.86. The van der Waals surface area contributed by atoms with Gasteiger partial charge in [-0.2, -0.15) is 0 Å². The highest BCUT2D eigenvalue weighted by molar-refractivity contribution is 7.92. The minimum Gasteiger partial charge on any atom is -0.496 e. The van der Waals surface area contributed by atoms with Crippen LogP contribution in [0.3, 0.4) is 0 Å². The Bertz CT molecular complexity index is 1190. The maximum absolute atomic E-state index is 12.8. The molecule has 1 atom stereocenters. The van der Waals surface area contributed by atoms with Crippen LogP contribution in [0.4, 0.5) is 5.69 Å². The van der Waals surface area contributed by atoms with Gasteiger partial charge in [0.15, 0.2) is 0 Å². The monoisotopic (exact) mass is 438 g/mol. The number of hydrogen-bond acceptors (Lipinski definition) is 4. The summed E-state index contributed by atoms with van der Waals surface area (Å²) in [6.45, 7) is 5.65. The van der Waals surface area contributed by atoms with E-state index in [1.165, 1.54) is 24.3 Å². The van der Waals surface area contributed by atoms with Gasteiger partial charge >= 0.3 is 0 Å². The lowest BCUT2D eigenvalue weighted by Gasteiger charge is -2.17. The van der Waals surface area contributed by atoms with Crippen LogP contribution in [0.15, 0.2) is 71.6 Å². The number of rotatable bonds is 7. The number of nitrogens with one attached hydrogen (secondary N) is 2. The van der Waals surface area contributed by atoms with Gasteiger partial charge in [-0.1, -0.05) is 30.3 Å². The van der Waals surface area contributed by atoms with Crippen molar-refractivity contribution in [2.45, 2.75) is 31.7 Å². The molecule has 7 heteroatoms. The first kappa shape index (κ1) is 22.4. The molecule has 0 spiro atoms. The van der Waals surface area contributed by atoms with Gasteiger partial charge in [0.25, 0.3) is 15.9 Å². The fourth-order valence-corrected chi connectivity index (χ4v) is 4.36. The van der Waals surface area contributed by atoms with Crippen LogP contribution in [0.2, 0.25) is 0 Å². The first-order valence-corrected chi connectivity index (χ1v) is 11.3. The SMILES string of the molecule is COc1ccccc1C(C)NC(=O)c1ccc(S(=O)(=O)Nc2cccc(C)c2C)cc1. The van der Waals surface area contributed by atoms with E-state index >= 15 is 0 Å². The van der Waals surface area contributed by atoms with Gasteiger partial charge in [-0.15, -0.1) is 0 Å². The number of methoxy groups -OCH3 is 1. The molecule has 0 aromatic heterocycles. The average Bonchev–Trinajstić information content (AvgIpc) is 2.76. The third-order valence-corrected chi connectivity index (χ3v) is 6.61. The van der Waals surface area contributed by atoms with E-state index in [2.05, 4.69) is 10.0 Å². The number of ether oxygens (including phenoxy) is 1. The molecule has 0 heterocycles. The molecular formula is C24H26N2O4S. The van der Waals surface area contributed by atoms with Crippen molar-refractivity contribution >= 4 is 21.6 Å². The molecule has 0 saturated carbocycles. The second-order valence-electron chi connectivity index (χ2n) is 7.31. The van der Waals surface area contributed by atoms with Crippen molar-refractivity contribution in [1.82, 2.24) is 5.32 Å². The molecule has 6 nitrogen and oxygen atoms in total. The third-order valence-electron chi connectivity index (χ3n) is 5.23. The van der Waals surface area contributed by atoms with Crippen molar-refractivity contribution in [2.75, 3.05) is 11.8 Å². The molecule has 1 unspecified atom stereocenters. The van der Waals surface area contributed by atoms with Crippen LogP contribution in [-0.2, 0) is 10.0 Å². The Morgan fingerprint density at radius 1 is 0.935 bits per heavy atom. The zero-order chi connectivity index (χ0) is 22.6. The van der Waals surface area contributed by atoms with Gasteiger partial charge in [0, 0.05) is 11.1 Å². The molecular weight excluding hydrogens is 412 g/mol. The topological polar surface area (TPSA) is 84.5 Å². The Labute approximate surface area is 183 Å².